The third-order valence-electron chi connectivity index (χ3n) is 2.19. The molecule has 0 radical (unpaired) electrons. The lowest BCUT2D eigenvalue weighted by Gasteiger charge is -2.13. The maximum absolute atomic E-state index is 11.8. The highest BCUT2D eigenvalue weighted by atomic mass is 35.5. The number of halogens is 2. The van der Waals surface area contributed by atoms with Crippen LogP contribution >= 0.6 is 23.2 Å². The third-order valence-corrected chi connectivity index (χ3v) is 2.75. The highest BCUT2D eigenvalue weighted by molar-refractivity contribution is 6.37. The van der Waals surface area contributed by atoms with Crippen LogP contribution in [0.2, 0.25) is 10.0 Å². The second-order valence-electron chi connectivity index (χ2n) is 4.37. The van der Waals surface area contributed by atoms with E-state index in [1.54, 1.807) is 0 Å². The number of hydrogen-bond donors (Lipinski definition) is 2. The van der Waals surface area contributed by atoms with Crippen molar-refractivity contribution in [3.05, 3.63) is 27.7 Å². The van der Waals surface area contributed by atoms with Crippen molar-refractivity contribution >= 4 is 29.1 Å². The maximum atomic E-state index is 11.8. The van der Waals surface area contributed by atoms with Gasteiger partial charge in [-0.05, 0) is 32.4 Å². The van der Waals surface area contributed by atoms with Crippen molar-refractivity contribution in [3.8, 4) is 5.75 Å². The Kier molecular flexibility index (Phi) is 6.42. The molecule has 0 aliphatic heterocycles. The summed E-state index contributed by atoms with van der Waals surface area (Å²) in [6.07, 6.45) is 0.854. The molecule has 0 fully saturated rings. The summed E-state index contributed by atoms with van der Waals surface area (Å²) in [5, 5.41) is 0.659. The molecule has 1 rings (SSSR count). The lowest BCUT2D eigenvalue weighted by atomic mass is 10.2. The van der Waals surface area contributed by atoms with Crippen LogP contribution < -0.4 is 15.6 Å². The van der Waals surface area contributed by atoms with Crippen molar-refractivity contribution in [1.29, 1.82) is 0 Å². The van der Waals surface area contributed by atoms with E-state index in [0.29, 0.717) is 28.0 Å². The van der Waals surface area contributed by atoms with Crippen molar-refractivity contribution in [1.82, 2.24) is 10.9 Å². The zero-order valence-corrected chi connectivity index (χ0v) is 12.7. The fourth-order valence-corrected chi connectivity index (χ4v) is 1.91. The number of amides is 1. The van der Waals surface area contributed by atoms with E-state index in [1.165, 1.54) is 12.1 Å². The Morgan fingerprint density at radius 2 is 1.89 bits per heavy atom. The van der Waals surface area contributed by atoms with Crippen LogP contribution in [0.15, 0.2) is 12.1 Å². The molecule has 6 heteroatoms. The lowest BCUT2D eigenvalue weighted by molar-refractivity contribution is 0.0927. The van der Waals surface area contributed by atoms with Crippen LogP contribution in [0, 0.1) is 0 Å². The molecule has 1 amide bonds. The number of benzene rings is 1. The van der Waals surface area contributed by atoms with Crippen LogP contribution in [-0.4, -0.2) is 18.6 Å². The predicted molar refractivity (Wildman–Crippen MR) is 78.0 cm³/mol. The molecule has 0 bridgehead atoms. The molecule has 0 saturated heterocycles. The van der Waals surface area contributed by atoms with Gasteiger partial charge in [0.25, 0.3) is 5.91 Å². The minimum Gasteiger partial charge on any atom is -0.490 e. The van der Waals surface area contributed by atoms with Gasteiger partial charge in [0.2, 0.25) is 0 Å². The number of carbonyl (C=O) groups excluding carboxylic acids is 1. The Morgan fingerprint density at radius 1 is 1.32 bits per heavy atom. The van der Waals surface area contributed by atoms with E-state index >= 15 is 0 Å². The predicted octanol–water partition coefficient (Wildman–Crippen LogP) is 3.43. The summed E-state index contributed by atoms with van der Waals surface area (Å²) in [5.74, 6) is 0.123. The number of rotatable bonds is 6. The van der Waals surface area contributed by atoms with Gasteiger partial charge in [-0.25, -0.2) is 5.43 Å². The van der Waals surface area contributed by atoms with E-state index in [4.69, 9.17) is 27.9 Å². The number of ether oxygens (including phenoxy) is 1. The van der Waals surface area contributed by atoms with E-state index in [-0.39, 0.29) is 11.9 Å². The number of hydrazine groups is 1. The van der Waals surface area contributed by atoms with Crippen molar-refractivity contribution in [2.75, 3.05) is 6.61 Å². The molecule has 19 heavy (non-hydrogen) atoms. The zero-order chi connectivity index (χ0) is 14.4. The maximum Gasteiger partial charge on any atom is 0.265 e. The molecule has 0 aliphatic carbocycles. The molecule has 0 spiro atoms. The largest absolute Gasteiger partial charge is 0.490 e. The van der Waals surface area contributed by atoms with Gasteiger partial charge >= 0.3 is 0 Å². The third kappa shape index (κ3) is 4.90. The fourth-order valence-electron chi connectivity index (χ4n) is 1.32. The molecule has 0 aromatic heterocycles. The highest BCUT2D eigenvalue weighted by Crippen LogP contribution is 2.34. The van der Waals surface area contributed by atoms with Crippen LogP contribution in [0.4, 0.5) is 0 Å². The molecule has 0 saturated carbocycles. The second kappa shape index (κ2) is 7.58. The molecular formula is C13H18Cl2N2O2. The highest BCUT2D eigenvalue weighted by Gasteiger charge is 2.14. The fraction of sp³-hybridized carbons (Fsp3) is 0.462. The molecule has 0 atom stereocenters. The molecular weight excluding hydrogens is 287 g/mol. The molecule has 1 aromatic rings. The summed E-state index contributed by atoms with van der Waals surface area (Å²) in [5.41, 5.74) is 5.76. The standard InChI is InChI=1S/C13H18Cl2N2O2/c1-4-5-19-12-10(14)6-9(7-11(12)15)13(18)17-16-8(2)3/h6-8,16H,4-5H2,1-3H3,(H,17,18). The number of carbonyl (C=O) groups is 1. The van der Waals surface area contributed by atoms with Crippen molar-refractivity contribution < 1.29 is 9.53 Å². The normalized spacial score (nSPS) is 10.6. The summed E-state index contributed by atoms with van der Waals surface area (Å²) in [6, 6.07) is 3.22. The van der Waals surface area contributed by atoms with E-state index in [0.717, 1.165) is 6.42 Å². The molecule has 1 aromatic carbocycles. The first-order valence-corrected chi connectivity index (χ1v) is 6.89. The first-order chi connectivity index (χ1) is 8.95. The first-order valence-electron chi connectivity index (χ1n) is 6.13. The Labute approximate surface area is 123 Å². The van der Waals surface area contributed by atoms with Crippen molar-refractivity contribution in [2.45, 2.75) is 33.2 Å². The Bertz CT molecular complexity index is 427. The summed E-state index contributed by atoms with van der Waals surface area (Å²) >= 11 is 12.1. The van der Waals surface area contributed by atoms with E-state index < -0.39 is 0 Å². The summed E-state index contributed by atoms with van der Waals surface area (Å²) in [4.78, 5) is 11.8. The van der Waals surface area contributed by atoms with Crippen LogP contribution in [0.25, 0.3) is 0 Å². The number of hydrogen-bond acceptors (Lipinski definition) is 3. The molecule has 0 aliphatic rings. The van der Waals surface area contributed by atoms with Gasteiger partial charge in [-0.1, -0.05) is 30.1 Å². The molecule has 106 valence electrons. The summed E-state index contributed by atoms with van der Waals surface area (Å²) in [6.45, 7) is 6.35. The second-order valence-corrected chi connectivity index (χ2v) is 5.19. The van der Waals surface area contributed by atoms with Gasteiger partial charge in [-0.15, -0.1) is 0 Å². The Balaban J connectivity index is 2.84. The quantitative estimate of drug-likeness (QED) is 0.792. The first kappa shape index (κ1) is 16.1. The van der Waals surface area contributed by atoms with Crippen molar-refractivity contribution in [3.63, 3.8) is 0 Å². The van der Waals surface area contributed by atoms with Gasteiger partial charge < -0.3 is 4.74 Å². The summed E-state index contributed by atoms with van der Waals surface area (Å²) < 4.78 is 5.44. The molecule has 0 unspecified atom stereocenters. The smallest absolute Gasteiger partial charge is 0.265 e. The average Bonchev–Trinajstić information content (AvgIpc) is 2.34. The van der Waals surface area contributed by atoms with Crippen LogP contribution in [-0.2, 0) is 0 Å². The monoisotopic (exact) mass is 304 g/mol. The van der Waals surface area contributed by atoms with E-state index in [1.807, 2.05) is 20.8 Å². The van der Waals surface area contributed by atoms with Crippen LogP contribution in [0.5, 0.6) is 5.75 Å². The van der Waals surface area contributed by atoms with E-state index in [2.05, 4.69) is 10.9 Å². The van der Waals surface area contributed by atoms with Gasteiger partial charge in [-0.2, -0.15) is 0 Å². The molecule has 2 N–H and O–H groups in total. The lowest BCUT2D eigenvalue weighted by Crippen LogP contribution is -2.41. The molecule has 4 nitrogen and oxygen atoms in total. The van der Waals surface area contributed by atoms with Gasteiger partial charge in [0, 0.05) is 11.6 Å². The Morgan fingerprint density at radius 3 is 2.37 bits per heavy atom. The zero-order valence-electron chi connectivity index (χ0n) is 11.2. The topological polar surface area (TPSA) is 50.4 Å². The SMILES string of the molecule is CCCOc1c(Cl)cc(C(=O)NNC(C)C)cc1Cl. The van der Waals surface area contributed by atoms with E-state index in [9.17, 15) is 4.79 Å². The van der Waals surface area contributed by atoms with Crippen LogP contribution in [0.3, 0.4) is 0 Å². The Hall–Kier alpha value is -0.970. The average molecular weight is 305 g/mol. The van der Waals surface area contributed by atoms with Crippen LogP contribution in [0.1, 0.15) is 37.6 Å². The minimum atomic E-state index is -0.292. The van der Waals surface area contributed by atoms with Gasteiger partial charge in [0.15, 0.2) is 5.75 Å². The summed E-state index contributed by atoms with van der Waals surface area (Å²) in [7, 11) is 0. The van der Waals surface area contributed by atoms with Crippen molar-refractivity contribution in [2.24, 2.45) is 0 Å². The minimum absolute atomic E-state index is 0.141. The molecule has 0 heterocycles. The number of nitrogens with one attached hydrogen (secondary N) is 2. The van der Waals surface area contributed by atoms with Gasteiger partial charge in [0.1, 0.15) is 0 Å². The van der Waals surface area contributed by atoms with Gasteiger partial charge in [0.05, 0.1) is 16.7 Å². The van der Waals surface area contributed by atoms with Gasteiger partial charge in [-0.3, -0.25) is 10.2 Å².